The van der Waals surface area contributed by atoms with E-state index in [1.807, 2.05) is 36.4 Å². The van der Waals surface area contributed by atoms with Crippen molar-refractivity contribution in [2.75, 3.05) is 34.0 Å². The summed E-state index contributed by atoms with van der Waals surface area (Å²) in [6.45, 7) is 0.969. The number of likely N-dealkylation sites (N-methyl/N-ethyl adjacent to an activating group) is 1. The monoisotopic (exact) mass is 421 g/mol. The van der Waals surface area contributed by atoms with Gasteiger partial charge in [-0.2, -0.15) is 0 Å². The van der Waals surface area contributed by atoms with Gasteiger partial charge in [0.1, 0.15) is 19.0 Å². The minimum atomic E-state index is -0.585. The van der Waals surface area contributed by atoms with Gasteiger partial charge in [-0.25, -0.2) is 4.79 Å². The summed E-state index contributed by atoms with van der Waals surface area (Å²) in [5, 5.41) is 2.12. The smallest absolute Gasteiger partial charge is 0.338 e. The van der Waals surface area contributed by atoms with E-state index in [-0.39, 0.29) is 12.5 Å². The molecule has 3 aromatic rings. The average molecular weight is 421 g/mol. The Morgan fingerprint density at radius 3 is 2.48 bits per heavy atom. The molecule has 3 aromatic carbocycles. The van der Waals surface area contributed by atoms with Crippen LogP contribution in [0.15, 0.2) is 54.6 Å². The zero-order valence-electron chi connectivity index (χ0n) is 17.4. The lowest BCUT2D eigenvalue weighted by Crippen LogP contribution is -2.30. The van der Waals surface area contributed by atoms with E-state index in [4.69, 9.17) is 18.9 Å². The predicted molar refractivity (Wildman–Crippen MR) is 115 cm³/mol. The predicted octanol–water partition coefficient (Wildman–Crippen LogP) is 3.44. The minimum absolute atomic E-state index is 0.291. The van der Waals surface area contributed by atoms with Crippen LogP contribution in [0.1, 0.15) is 15.9 Å². The molecular weight excluding hydrogens is 398 g/mol. The molecule has 160 valence electrons. The summed E-state index contributed by atoms with van der Waals surface area (Å²) < 4.78 is 21.4. The van der Waals surface area contributed by atoms with Crippen LogP contribution in [0.5, 0.6) is 17.2 Å². The van der Waals surface area contributed by atoms with E-state index in [0.717, 1.165) is 22.1 Å². The number of methoxy groups -OCH3 is 1. The first-order valence-electron chi connectivity index (χ1n) is 9.91. The molecule has 1 amide bonds. The number of benzene rings is 3. The van der Waals surface area contributed by atoms with Crippen LogP contribution in [0, 0.1) is 0 Å². The second-order valence-electron chi connectivity index (χ2n) is 7.23. The molecule has 4 rings (SSSR count). The highest BCUT2D eigenvalue weighted by atomic mass is 16.6. The van der Waals surface area contributed by atoms with Crippen LogP contribution >= 0.6 is 0 Å². The molecule has 1 heterocycles. The van der Waals surface area contributed by atoms with Gasteiger partial charge in [-0.3, -0.25) is 4.79 Å². The summed E-state index contributed by atoms with van der Waals surface area (Å²) in [6, 6.07) is 16.6. The van der Waals surface area contributed by atoms with Crippen LogP contribution < -0.4 is 14.2 Å². The summed E-state index contributed by atoms with van der Waals surface area (Å²) in [4.78, 5) is 26.3. The standard InChI is InChI=1S/C24H23NO6/c1-25(14-16-3-4-18-12-20(28-2)7-5-17(18)11-16)23(26)15-31-24(27)19-6-8-21-22(13-19)30-10-9-29-21/h3-8,11-13H,9-10,14-15H2,1-2H3. The largest absolute Gasteiger partial charge is 0.497 e. The maximum Gasteiger partial charge on any atom is 0.338 e. The molecule has 0 spiro atoms. The van der Waals surface area contributed by atoms with Crippen LogP contribution in [0.4, 0.5) is 0 Å². The van der Waals surface area contributed by atoms with Crippen molar-refractivity contribution < 1.29 is 28.5 Å². The molecule has 1 aliphatic rings. The summed E-state index contributed by atoms with van der Waals surface area (Å²) in [5.41, 5.74) is 1.29. The van der Waals surface area contributed by atoms with E-state index in [2.05, 4.69) is 0 Å². The average Bonchev–Trinajstić information content (AvgIpc) is 2.81. The number of carbonyl (C=O) groups is 2. The number of amides is 1. The maximum atomic E-state index is 12.5. The maximum absolute atomic E-state index is 12.5. The van der Waals surface area contributed by atoms with Crippen LogP contribution in [-0.4, -0.2) is 50.8 Å². The Labute approximate surface area is 180 Å². The van der Waals surface area contributed by atoms with Gasteiger partial charge >= 0.3 is 5.97 Å². The summed E-state index contributed by atoms with van der Waals surface area (Å²) in [6.07, 6.45) is 0. The fourth-order valence-corrected chi connectivity index (χ4v) is 3.35. The third-order valence-electron chi connectivity index (χ3n) is 5.06. The summed E-state index contributed by atoms with van der Waals surface area (Å²) in [5.74, 6) is 1.01. The third-order valence-corrected chi connectivity index (χ3v) is 5.06. The Hall–Kier alpha value is -3.74. The van der Waals surface area contributed by atoms with Crippen LogP contribution in [0.2, 0.25) is 0 Å². The molecule has 0 saturated heterocycles. The van der Waals surface area contributed by atoms with E-state index in [0.29, 0.717) is 36.8 Å². The van der Waals surface area contributed by atoms with Gasteiger partial charge in [0.15, 0.2) is 18.1 Å². The topological polar surface area (TPSA) is 74.3 Å². The Morgan fingerprint density at radius 1 is 0.935 bits per heavy atom. The van der Waals surface area contributed by atoms with Crippen LogP contribution in [0.3, 0.4) is 0 Å². The SMILES string of the molecule is COc1ccc2cc(CN(C)C(=O)COC(=O)c3ccc4c(c3)OCCO4)ccc2c1. The molecule has 0 aliphatic carbocycles. The number of rotatable bonds is 6. The van der Waals surface area contributed by atoms with E-state index in [9.17, 15) is 9.59 Å². The van der Waals surface area contributed by atoms with Crippen LogP contribution in [-0.2, 0) is 16.1 Å². The van der Waals surface area contributed by atoms with Crippen molar-refractivity contribution in [3.8, 4) is 17.2 Å². The molecule has 7 heteroatoms. The van der Waals surface area contributed by atoms with E-state index >= 15 is 0 Å². The lowest BCUT2D eigenvalue weighted by Gasteiger charge is -2.19. The van der Waals surface area contributed by atoms with Gasteiger partial charge < -0.3 is 23.8 Å². The molecule has 31 heavy (non-hydrogen) atoms. The van der Waals surface area contributed by atoms with Crippen molar-refractivity contribution in [1.29, 1.82) is 0 Å². The number of hydrogen-bond donors (Lipinski definition) is 0. The van der Waals surface area contributed by atoms with Crippen molar-refractivity contribution >= 4 is 22.6 Å². The van der Waals surface area contributed by atoms with E-state index in [1.165, 1.54) is 4.90 Å². The van der Waals surface area contributed by atoms with Crippen molar-refractivity contribution in [2.24, 2.45) is 0 Å². The highest BCUT2D eigenvalue weighted by Gasteiger charge is 2.18. The van der Waals surface area contributed by atoms with E-state index < -0.39 is 5.97 Å². The molecule has 1 aliphatic heterocycles. The molecule has 0 atom stereocenters. The van der Waals surface area contributed by atoms with Crippen molar-refractivity contribution in [3.05, 3.63) is 65.7 Å². The molecule has 0 saturated carbocycles. The second-order valence-corrected chi connectivity index (χ2v) is 7.23. The minimum Gasteiger partial charge on any atom is -0.497 e. The molecular formula is C24H23NO6. The number of ether oxygens (including phenoxy) is 4. The lowest BCUT2D eigenvalue weighted by molar-refractivity contribution is -0.133. The Balaban J connectivity index is 1.34. The van der Waals surface area contributed by atoms with Crippen molar-refractivity contribution in [3.63, 3.8) is 0 Å². The third kappa shape index (κ3) is 4.71. The number of fused-ring (bicyclic) bond motifs is 2. The second kappa shape index (κ2) is 8.95. The molecule has 0 bridgehead atoms. The van der Waals surface area contributed by atoms with Gasteiger partial charge in [0.05, 0.1) is 12.7 Å². The fourth-order valence-electron chi connectivity index (χ4n) is 3.35. The summed E-state index contributed by atoms with van der Waals surface area (Å²) >= 11 is 0. The molecule has 7 nitrogen and oxygen atoms in total. The highest BCUT2D eigenvalue weighted by Crippen LogP contribution is 2.31. The van der Waals surface area contributed by atoms with Gasteiger partial charge in [0.2, 0.25) is 0 Å². The van der Waals surface area contributed by atoms with Gasteiger partial charge in [-0.15, -0.1) is 0 Å². The van der Waals surface area contributed by atoms with Crippen molar-refractivity contribution in [1.82, 2.24) is 4.90 Å². The first-order chi connectivity index (χ1) is 15.0. The molecule has 0 N–H and O–H groups in total. The molecule has 0 fully saturated rings. The first-order valence-corrected chi connectivity index (χ1v) is 9.91. The summed E-state index contributed by atoms with van der Waals surface area (Å²) in [7, 11) is 3.31. The Bertz CT molecular complexity index is 1130. The normalized spacial score (nSPS) is 12.3. The number of hydrogen-bond acceptors (Lipinski definition) is 6. The van der Waals surface area contributed by atoms with Gasteiger partial charge in [0.25, 0.3) is 5.91 Å². The number of nitrogens with zero attached hydrogens (tertiary/aromatic N) is 1. The first kappa shape index (κ1) is 20.5. The zero-order chi connectivity index (χ0) is 21.8. The lowest BCUT2D eigenvalue weighted by atomic mass is 10.1. The van der Waals surface area contributed by atoms with Gasteiger partial charge in [-0.05, 0) is 52.7 Å². The molecule has 0 aromatic heterocycles. The van der Waals surface area contributed by atoms with Gasteiger partial charge in [0, 0.05) is 13.6 Å². The molecule has 0 unspecified atom stereocenters. The Kier molecular flexibility index (Phi) is 5.93. The van der Waals surface area contributed by atoms with E-state index in [1.54, 1.807) is 32.4 Å². The molecule has 0 radical (unpaired) electrons. The van der Waals surface area contributed by atoms with Gasteiger partial charge in [-0.1, -0.05) is 18.2 Å². The fraction of sp³-hybridized carbons (Fsp3) is 0.250. The highest BCUT2D eigenvalue weighted by molar-refractivity contribution is 5.92. The Morgan fingerprint density at radius 2 is 1.68 bits per heavy atom. The van der Waals surface area contributed by atoms with Crippen molar-refractivity contribution in [2.45, 2.75) is 6.54 Å². The van der Waals surface area contributed by atoms with Crippen LogP contribution in [0.25, 0.3) is 10.8 Å². The zero-order valence-corrected chi connectivity index (χ0v) is 17.4. The number of esters is 1. The quantitative estimate of drug-likeness (QED) is 0.568. The number of carbonyl (C=O) groups excluding carboxylic acids is 2.